The zero-order chi connectivity index (χ0) is 13.9. The van der Waals surface area contributed by atoms with Crippen molar-refractivity contribution in [3.8, 4) is 5.75 Å². The molecule has 0 spiro atoms. The van der Waals surface area contributed by atoms with Crippen LogP contribution in [0.25, 0.3) is 10.2 Å². The number of thiazole rings is 1. The Balaban J connectivity index is 1.66. The highest BCUT2D eigenvalue weighted by atomic mass is 32.1. The Morgan fingerprint density at radius 2 is 2.00 bits per heavy atom. The van der Waals surface area contributed by atoms with Crippen LogP contribution in [0.3, 0.4) is 0 Å². The first-order chi connectivity index (χ1) is 9.72. The van der Waals surface area contributed by atoms with E-state index in [0.29, 0.717) is 18.8 Å². The quantitative estimate of drug-likeness (QED) is 0.769. The second-order valence-corrected chi connectivity index (χ2v) is 5.93. The maximum atomic E-state index is 9.79. The van der Waals surface area contributed by atoms with Gasteiger partial charge in [-0.3, -0.25) is 0 Å². The van der Waals surface area contributed by atoms with Gasteiger partial charge in [0.1, 0.15) is 10.8 Å². The van der Waals surface area contributed by atoms with Crippen LogP contribution in [0.5, 0.6) is 5.75 Å². The zero-order valence-corrected chi connectivity index (χ0v) is 12.1. The summed E-state index contributed by atoms with van der Waals surface area (Å²) in [5.74, 6) is 0.340. The molecule has 0 aliphatic heterocycles. The molecule has 3 rings (SSSR count). The Kier molecular flexibility index (Phi) is 3.67. The molecule has 0 aliphatic carbocycles. The number of hydrogen-bond donors (Lipinski definition) is 2. The fourth-order valence-corrected chi connectivity index (χ4v) is 3.09. The molecule has 0 atom stereocenters. The monoisotopic (exact) mass is 284 g/mol. The van der Waals surface area contributed by atoms with E-state index in [1.165, 1.54) is 4.70 Å². The highest BCUT2D eigenvalue weighted by molar-refractivity contribution is 7.18. The molecule has 0 saturated carbocycles. The molecule has 102 valence electrons. The van der Waals surface area contributed by atoms with E-state index in [1.807, 2.05) is 37.3 Å². The first-order valence-corrected chi connectivity index (χ1v) is 7.38. The third-order valence-electron chi connectivity index (χ3n) is 3.16. The van der Waals surface area contributed by atoms with E-state index in [4.69, 9.17) is 0 Å². The minimum Gasteiger partial charge on any atom is -0.508 e. The van der Waals surface area contributed by atoms with Crippen LogP contribution in [0.1, 0.15) is 16.1 Å². The second kappa shape index (κ2) is 5.61. The molecule has 1 aromatic heterocycles. The van der Waals surface area contributed by atoms with Gasteiger partial charge in [0.05, 0.1) is 10.2 Å². The third-order valence-corrected chi connectivity index (χ3v) is 4.20. The van der Waals surface area contributed by atoms with Gasteiger partial charge in [0.2, 0.25) is 0 Å². The average molecular weight is 284 g/mol. The van der Waals surface area contributed by atoms with Gasteiger partial charge in [-0.1, -0.05) is 29.8 Å². The topological polar surface area (TPSA) is 45.1 Å². The van der Waals surface area contributed by atoms with Crippen molar-refractivity contribution in [2.24, 2.45) is 0 Å². The molecule has 0 saturated heterocycles. The lowest BCUT2D eigenvalue weighted by atomic mass is 10.1. The summed E-state index contributed by atoms with van der Waals surface area (Å²) in [6.45, 7) is 3.38. The van der Waals surface area contributed by atoms with Crippen LogP contribution < -0.4 is 5.32 Å². The van der Waals surface area contributed by atoms with Crippen LogP contribution in [0, 0.1) is 6.92 Å². The molecule has 3 aromatic rings. The molecule has 0 aliphatic rings. The summed E-state index contributed by atoms with van der Waals surface area (Å²) < 4.78 is 1.21. The summed E-state index contributed by atoms with van der Waals surface area (Å²) in [6.07, 6.45) is 0. The van der Waals surface area contributed by atoms with E-state index in [-0.39, 0.29) is 0 Å². The minimum atomic E-state index is 0.340. The molecule has 0 amide bonds. The van der Waals surface area contributed by atoms with Crippen molar-refractivity contribution in [1.82, 2.24) is 10.3 Å². The van der Waals surface area contributed by atoms with E-state index >= 15 is 0 Å². The number of aromatic nitrogens is 1. The highest BCUT2D eigenvalue weighted by Gasteiger charge is 2.04. The zero-order valence-electron chi connectivity index (χ0n) is 11.3. The normalized spacial score (nSPS) is 11.1. The van der Waals surface area contributed by atoms with Gasteiger partial charge < -0.3 is 10.4 Å². The van der Waals surface area contributed by atoms with Gasteiger partial charge in [-0.25, -0.2) is 4.98 Å². The average Bonchev–Trinajstić information content (AvgIpc) is 2.85. The number of fused-ring (bicyclic) bond motifs is 1. The Hall–Kier alpha value is -1.91. The van der Waals surface area contributed by atoms with E-state index in [9.17, 15) is 5.11 Å². The van der Waals surface area contributed by atoms with Gasteiger partial charge in [-0.05, 0) is 25.1 Å². The first kappa shape index (κ1) is 13.1. The molecule has 4 heteroatoms. The Morgan fingerprint density at radius 1 is 1.15 bits per heavy atom. The number of rotatable bonds is 4. The van der Waals surface area contributed by atoms with Crippen LogP contribution in [0.2, 0.25) is 0 Å². The van der Waals surface area contributed by atoms with Gasteiger partial charge in [0, 0.05) is 18.7 Å². The van der Waals surface area contributed by atoms with Crippen molar-refractivity contribution in [1.29, 1.82) is 0 Å². The SMILES string of the molecule is Cc1ccc(O)c(CNCc2nc3ccccc3s2)c1. The van der Waals surface area contributed by atoms with Crippen LogP contribution in [0.15, 0.2) is 42.5 Å². The molecule has 0 radical (unpaired) electrons. The van der Waals surface area contributed by atoms with Crippen LogP contribution in [-0.4, -0.2) is 10.1 Å². The lowest BCUT2D eigenvalue weighted by Gasteiger charge is -2.06. The molecule has 2 aromatic carbocycles. The first-order valence-electron chi connectivity index (χ1n) is 6.56. The van der Waals surface area contributed by atoms with Gasteiger partial charge in [0.15, 0.2) is 0 Å². The number of phenols is 1. The number of hydrogen-bond acceptors (Lipinski definition) is 4. The van der Waals surface area contributed by atoms with Crippen molar-refractivity contribution >= 4 is 21.6 Å². The van der Waals surface area contributed by atoms with Crippen molar-refractivity contribution in [2.45, 2.75) is 20.0 Å². The molecule has 20 heavy (non-hydrogen) atoms. The number of phenolic OH excluding ortho intramolecular Hbond substituents is 1. The largest absolute Gasteiger partial charge is 0.508 e. The highest BCUT2D eigenvalue weighted by Crippen LogP contribution is 2.22. The molecule has 3 nitrogen and oxygen atoms in total. The minimum absolute atomic E-state index is 0.340. The van der Waals surface area contributed by atoms with E-state index in [0.717, 1.165) is 21.7 Å². The molecule has 0 unspecified atom stereocenters. The van der Waals surface area contributed by atoms with Gasteiger partial charge >= 0.3 is 0 Å². The van der Waals surface area contributed by atoms with Crippen LogP contribution >= 0.6 is 11.3 Å². The smallest absolute Gasteiger partial charge is 0.120 e. The molecule has 0 bridgehead atoms. The van der Waals surface area contributed by atoms with Crippen molar-refractivity contribution in [3.05, 3.63) is 58.6 Å². The summed E-state index contributed by atoms with van der Waals surface area (Å²) in [6, 6.07) is 13.8. The number of nitrogens with zero attached hydrogens (tertiary/aromatic N) is 1. The number of para-hydroxylation sites is 1. The van der Waals surface area contributed by atoms with E-state index < -0.39 is 0 Å². The predicted octanol–water partition coefficient (Wildman–Crippen LogP) is 3.60. The lowest BCUT2D eigenvalue weighted by Crippen LogP contribution is -2.12. The summed E-state index contributed by atoms with van der Waals surface area (Å²) in [5, 5.41) is 14.2. The molecule has 0 fully saturated rings. The predicted molar refractivity (Wildman–Crippen MR) is 83.0 cm³/mol. The van der Waals surface area contributed by atoms with Gasteiger partial charge in [-0.2, -0.15) is 0 Å². The van der Waals surface area contributed by atoms with E-state index in [1.54, 1.807) is 17.4 Å². The van der Waals surface area contributed by atoms with Gasteiger partial charge in [0.25, 0.3) is 0 Å². The molecule has 2 N–H and O–H groups in total. The summed E-state index contributed by atoms with van der Waals surface area (Å²) in [4.78, 5) is 4.58. The standard InChI is InChI=1S/C16H16N2OS/c1-11-6-7-14(19)12(8-11)9-17-10-16-18-13-4-2-3-5-15(13)20-16/h2-8,17,19H,9-10H2,1H3. The number of benzene rings is 2. The van der Waals surface area contributed by atoms with Gasteiger partial charge in [-0.15, -0.1) is 11.3 Å². The number of aromatic hydroxyl groups is 1. The fraction of sp³-hybridized carbons (Fsp3) is 0.188. The maximum Gasteiger partial charge on any atom is 0.120 e. The van der Waals surface area contributed by atoms with Crippen molar-refractivity contribution in [2.75, 3.05) is 0 Å². The molecular formula is C16H16N2OS. The summed E-state index contributed by atoms with van der Waals surface area (Å²) >= 11 is 1.70. The Labute approximate surface area is 121 Å². The van der Waals surface area contributed by atoms with Crippen LogP contribution in [0.4, 0.5) is 0 Å². The van der Waals surface area contributed by atoms with Crippen LogP contribution in [-0.2, 0) is 13.1 Å². The third kappa shape index (κ3) is 2.81. The van der Waals surface area contributed by atoms with E-state index in [2.05, 4.69) is 16.4 Å². The fourth-order valence-electron chi connectivity index (χ4n) is 2.16. The summed E-state index contributed by atoms with van der Waals surface area (Å²) in [5.41, 5.74) is 3.12. The molecular weight excluding hydrogens is 268 g/mol. The number of aryl methyl sites for hydroxylation is 1. The lowest BCUT2D eigenvalue weighted by molar-refractivity contribution is 0.464. The number of nitrogens with one attached hydrogen (secondary N) is 1. The van der Waals surface area contributed by atoms with Crippen molar-refractivity contribution in [3.63, 3.8) is 0 Å². The summed E-state index contributed by atoms with van der Waals surface area (Å²) in [7, 11) is 0. The molecule has 1 heterocycles. The Morgan fingerprint density at radius 3 is 2.85 bits per heavy atom. The second-order valence-electron chi connectivity index (χ2n) is 4.81. The Bertz CT molecular complexity index is 703. The maximum absolute atomic E-state index is 9.79. The van der Waals surface area contributed by atoms with Crippen molar-refractivity contribution < 1.29 is 5.11 Å².